The lowest BCUT2D eigenvalue weighted by Crippen LogP contribution is -2.13. The van der Waals surface area contributed by atoms with Gasteiger partial charge in [0.15, 0.2) is 0 Å². The molecule has 2 aromatic carbocycles. The smallest absolute Gasteiger partial charge is 0.257 e. The zero-order valence-corrected chi connectivity index (χ0v) is 15.2. The number of carbonyl (C=O) groups is 1. The quantitative estimate of drug-likeness (QED) is 0.669. The molecule has 0 aliphatic heterocycles. The van der Waals surface area contributed by atoms with E-state index < -0.39 is 0 Å². The van der Waals surface area contributed by atoms with Crippen LogP contribution in [0, 0.1) is 11.3 Å². The minimum absolute atomic E-state index is 0.314. The average Bonchev–Trinajstić information content (AvgIpc) is 2.69. The maximum Gasteiger partial charge on any atom is 0.257 e. The van der Waals surface area contributed by atoms with Crippen LogP contribution in [0.15, 0.2) is 67.0 Å². The third kappa shape index (κ3) is 4.31. The lowest BCUT2D eigenvalue weighted by atomic mass is 10.0. The molecule has 0 atom stereocenters. The lowest BCUT2D eigenvalue weighted by molar-refractivity contribution is 0.102. The van der Waals surface area contributed by atoms with E-state index in [1.54, 1.807) is 36.5 Å². The molecule has 3 rings (SSSR count). The van der Waals surface area contributed by atoms with Gasteiger partial charge < -0.3 is 10.6 Å². The largest absolute Gasteiger partial charge is 0.354 e. The fourth-order valence-electron chi connectivity index (χ4n) is 2.79. The molecule has 0 bridgehead atoms. The van der Waals surface area contributed by atoms with Crippen molar-refractivity contribution in [2.75, 3.05) is 10.6 Å². The fraction of sp³-hybridized carbons (Fsp3) is 0.136. The molecule has 1 amide bonds. The van der Waals surface area contributed by atoms with E-state index in [4.69, 9.17) is 5.26 Å². The third-order valence-corrected chi connectivity index (χ3v) is 4.16. The van der Waals surface area contributed by atoms with Crippen molar-refractivity contribution in [3.05, 3.63) is 83.7 Å². The number of nitrogens with one attached hydrogen (secondary N) is 2. The van der Waals surface area contributed by atoms with Crippen molar-refractivity contribution in [1.29, 1.82) is 5.26 Å². The van der Waals surface area contributed by atoms with Crippen LogP contribution in [0.4, 0.5) is 17.1 Å². The number of anilines is 3. The van der Waals surface area contributed by atoms with E-state index in [-0.39, 0.29) is 5.91 Å². The van der Waals surface area contributed by atoms with Crippen molar-refractivity contribution >= 4 is 23.0 Å². The highest BCUT2D eigenvalue weighted by molar-refractivity contribution is 6.05. The summed E-state index contributed by atoms with van der Waals surface area (Å²) in [4.78, 5) is 16.7. The number of hydrogen-bond acceptors (Lipinski definition) is 4. The number of hydrogen-bond donors (Lipinski definition) is 2. The average molecular weight is 356 g/mol. The van der Waals surface area contributed by atoms with Crippen molar-refractivity contribution in [3.8, 4) is 6.07 Å². The number of amides is 1. The number of nitriles is 1. The molecule has 0 radical (unpaired) electrons. The molecule has 27 heavy (non-hydrogen) atoms. The first-order valence-electron chi connectivity index (χ1n) is 8.70. The zero-order valence-electron chi connectivity index (χ0n) is 15.2. The Balaban J connectivity index is 1.82. The number of aromatic nitrogens is 1. The predicted octanol–water partition coefficient (Wildman–Crippen LogP) is 5.07. The highest BCUT2D eigenvalue weighted by Crippen LogP contribution is 2.27. The molecule has 0 aliphatic rings. The summed E-state index contributed by atoms with van der Waals surface area (Å²) >= 11 is 0. The molecule has 0 saturated heterocycles. The standard InChI is InChI=1S/C22H20N4O/c1-15(2)19-8-4-6-10-21(19)25-18-11-17(13-24-14-18)22(27)26-20-9-5-3-7-16(20)12-23/h3-11,13-15,25H,1-2H3,(H,26,27). The van der Waals surface area contributed by atoms with Gasteiger partial charge in [0.1, 0.15) is 6.07 Å². The summed E-state index contributed by atoms with van der Waals surface area (Å²) in [6.45, 7) is 4.27. The Morgan fingerprint density at radius 3 is 2.48 bits per heavy atom. The van der Waals surface area contributed by atoms with E-state index in [1.165, 1.54) is 11.8 Å². The summed E-state index contributed by atoms with van der Waals surface area (Å²) < 4.78 is 0. The van der Waals surface area contributed by atoms with Crippen molar-refractivity contribution in [3.63, 3.8) is 0 Å². The molecule has 2 N–H and O–H groups in total. The van der Waals surface area contributed by atoms with E-state index >= 15 is 0 Å². The number of benzene rings is 2. The van der Waals surface area contributed by atoms with Gasteiger partial charge in [0.25, 0.3) is 5.91 Å². The van der Waals surface area contributed by atoms with Gasteiger partial charge in [0.05, 0.1) is 28.7 Å². The summed E-state index contributed by atoms with van der Waals surface area (Å²) in [6.07, 6.45) is 3.18. The summed E-state index contributed by atoms with van der Waals surface area (Å²) in [5.74, 6) is 0.0571. The number of carbonyl (C=O) groups excluding carboxylic acids is 1. The van der Waals surface area contributed by atoms with E-state index in [2.05, 4.69) is 41.6 Å². The highest BCUT2D eigenvalue weighted by atomic mass is 16.1. The number of pyridine rings is 1. The summed E-state index contributed by atoms with van der Waals surface area (Å²) in [5, 5.41) is 15.3. The summed E-state index contributed by atoms with van der Waals surface area (Å²) in [5.41, 5.74) is 4.21. The van der Waals surface area contributed by atoms with Gasteiger partial charge in [-0.1, -0.05) is 44.2 Å². The molecule has 0 spiro atoms. The van der Waals surface area contributed by atoms with Crippen molar-refractivity contribution < 1.29 is 4.79 Å². The summed E-state index contributed by atoms with van der Waals surface area (Å²) in [6, 6.07) is 18.8. The zero-order chi connectivity index (χ0) is 19.2. The number of para-hydroxylation sites is 2. The van der Waals surface area contributed by atoms with Crippen LogP contribution in [0.2, 0.25) is 0 Å². The second-order valence-corrected chi connectivity index (χ2v) is 6.44. The SMILES string of the molecule is CC(C)c1ccccc1Nc1cncc(C(=O)Nc2ccccc2C#N)c1. The molecular weight excluding hydrogens is 336 g/mol. The molecule has 5 nitrogen and oxygen atoms in total. The van der Waals surface area contributed by atoms with Gasteiger partial charge in [-0.15, -0.1) is 0 Å². The topological polar surface area (TPSA) is 77.8 Å². The van der Waals surface area contributed by atoms with Crippen LogP contribution in [0.5, 0.6) is 0 Å². The predicted molar refractivity (Wildman–Crippen MR) is 107 cm³/mol. The van der Waals surface area contributed by atoms with Crippen LogP contribution >= 0.6 is 0 Å². The monoisotopic (exact) mass is 356 g/mol. The second kappa shape index (κ2) is 8.15. The normalized spacial score (nSPS) is 10.3. The first-order valence-corrected chi connectivity index (χ1v) is 8.70. The van der Waals surface area contributed by atoms with Gasteiger partial charge in [-0.3, -0.25) is 9.78 Å². The lowest BCUT2D eigenvalue weighted by Gasteiger charge is -2.15. The van der Waals surface area contributed by atoms with Crippen molar-refractivity contribution in [1.82, 2.24) is 4.98 Å². The Bertz CT molecular complexity index is 1000. The molecule has 1 heterocycles. The first kappa shape index (κ1) is 18.2. The van der Waals surface area contributed by atoms with E-state index in [0.29, 0.717) is 22.7 Å². The van der Waals surface area contributed by atoms with Gasteiger partial charge in [0.2, 0.25) is 0 Å². The highest BCUT2D eigenvalue weighted by Gasteiger charge is 2.11. The molecule has 134 valence electrons. The van der Waals surface area contributed by atoms with Gasteiger partial charge in [-0.25, -0.2) is 0 Å². The van der Waals surface area contributed by atoms with Crippen LogP contribution in [0.25, 0.3) is 0 Å². The minimum Gasteiger partial charge on any atom is -0.354 e. The van der Waals surface area contributed by atoms with Gasteiger partial charge >= 0.3 is 0 Å². The van der Waals surface area contributed by atoms with Crippen LogP contribution in [0.3, 0.4) is 0 Å². The van der Waals surface area contributed by atoms with Crippen molar-refractivity contribution in [2.45, 2.75) is 19.8 Å². The van der Waals surface area contributed by atoms with E-state index in [0.717, 1.165) is 11.4 Å². The van der Waals surface area contributed by atoms with E-state index in [9.17, 15) is 4.79 Å². The number of rotatable bonds is 5. The molecule has 3 aromatic rings. The first-order chi connectivity index (χ1) is 13.1. The molecule has 0 unspecified atom stereocenters. The summed E-state index contributed by atoms with van der Waals surface area (Å²) in [7, 11) is 0. The fourth-order valence-corrected chi connectivity index (χ4v) is 2.79. The second-order valence-electron chi connectivity index (χ2n) is 6.44. The minimum atomic E-state index is -0.314. The van der Waals surface area contributed by atoms with Crippen LogP contribution < -0.4 is 10.6 Å². The Morgan fingerprint density at radius 2 is 1.74 bits per heavy atom. The van der Waals surface area contributed by atoms with Crippen LogP contribution in [-0.2, 0) is 0 Å². The Labute approximate surface area is 158 Å². The Morgan fingerprint density at radius 1 is 1.04 bits per heavy atom. The third-order valence-electron chi connectivity index (χ3n) is 4.16. The Hall–Kier alpha value is -3.65. The molecule has 0 fully saturated rings. The van der Waals surface area contributed by atoms with Crippen LogP contribution in [0.1, 0.15) is 41.3 Å². The Kier molecular flexibility index (Phi) is 5.48. The maximum atomic E-state index is 12.6. The van der Waals surface area contributed by atoms with Gasteiger partial charge in [0, 0.05) is 11.9 Å². The maximum absolute atomic E-state index is 12.6. The molecule has 0 saturated carbocycles. The molecular formula is C22H20N4O. The number of nitrogens with zero attached hydrogens (tertiary/aromatic N) is 2. The molecule has 5 heteroatoms. The van der Waals surface area contributed by atoms with Crippen molar-refractivity contribution in [2.24, 2.45) is 0 Å². The van der Waals surface area contributed by atoms with E-state index in [1.807, 2.05) is 18.2 Å². The molecule has 1 aromatic heterocycles. The van der Waals surface area contributed by atoms with Gasteiger partial charge in [-0.2, -0.15) is 5.26 Å². The van der Waals surface area contributed by atoms with Crippen LogP contribution in [-0.4, -0.2) is 10.9 Å². The molecule has 0 aliphatic carbocycles. The van der Waals surface area contributed by atoms with Gasteiger partial charge in [-0.05, 0) is 35.7 Å².